The van der Waals surface area contributed by atoms with Crippen LogP contribution in [0, 0.1) is 0 Å². The van der Waals surface area contributed by atoms with E-state index in [0.29, 0.717) is 0 Å². The Hall–Kier alpha value is -0.170. The Morgan fingerprint density at radius 1 is 1.50 bits per heavy atom. The van der Waals surface area contributed by atoms with Crippen LogP contribution < -0.4 is 11.3 Å². The molecule has 2 unspecified atom stereocenters. The SMILES string of the molecule is CCC(C)(C(Cc1ccc(Cl)s1)NN)N1CCOCC1. The maximum atomic E-state index is 6.02. The van der Waals surface area contributed by atoms with Gasteiger partial charge < -0.3 is 4.74 Å². The predicted molar refractivity (Wildman–Crippen MR) is 85.2 cm³/mol. The van der Waals surface area contributed by atoms with E-state index in [0.717, 1.165) is 43.5 Å². The Morgan fingerprint density at radius 3 is 2.70 bits per heavy atom. The van der Waals surface area contributed by atoms with Gasteiger partial charge in [-0.3, -0.25) is 16.2 Å². The van der Waals surface area contributed by atoms with E-state index in [1.807, 2.05) is 6.07 Å². The number of halogens is 1. The van der Waals surface area contributed by atoms with Gasteiger partial charge in [-0.25, -0.2) is 0 Å². The van der Waals surface area contributed by atoms with Gasteiger partial charge in [0.1, 0.15) is 0 Å². The fourth-order valence-electron chi connectivity index (χ4n) is 2.89. The van der Waals surface area contributed by atoms with Gasteiger partial charge >= 0.3 is 0 Å². The van der Waals surface area contributed by atoms with Crippen LogP contribution in [-0.2, 0) is 11.2 Å². The number of ether oxygens (including phenoxy) is 1. The normalized spacial score (nSPS) is 21.6. The molecule has 1 aromatic rings. The molecule has 1 saturated heterocycles. The number of nitrogens with one attached hydrogen (secondary N) is 1. The smallest absolute Gasteiger partial charge is 0.0931 e. The van der Waals surface area contributed by atoms with E-state index in [-0.39, 0.29) is 11.6 Å². The fourth-order valence-corrected chi connectivity index (χ4v) is 4.02. The molecule has 1 aliphatic rings. The Morgan fingerprint density at radius 2 is 2.20 bits per heavy atom. The molecule has 0 aromatic carbocycles. The van der Waals surface area contributed by atoms with Crippen molar-refractivity contribution in [3.8, 4) is 0 Å². The molecular formula is C14H24ClN3OS. The zero-order chi connectivity index (χ0) is 14.6. The summed E-state index contributed by atoms with van der Waals surface area (Å²) in [4.78, 5) is 3.77. The summed E-state index contributed by atoms with van der Waals surface area (Å²) in [5, 5.41) is 0. The average molecular weight is 318 g/mol. The van der Waals surface area contributed by atoms with Gasteiger partial charge in [-0.05, 0) is 25.5 Å². The van der Waals surface area contributed by atoms with Crippen LogP contribution in [0.5, 0.6) is 0 Å². The molecule has 3 N–H and O–H groups in total. The average Bonchev–Trinajstić information content (AvgIpc) is 2.90. The third-order valence-electron chi connectivity index (χ3n) is 4.44. The number of thiophene rings is 1. The Labute approximate surface area is 130 Å². The lowest BCUT2D eigenvalue weighted by Crippen LogP contribution is -2.63. The molecule has 114 valence electrons. The van der Waals surface area contributed by atoms with Crippen molar-refractivity contribution in [2.75, 3.05) is 26.3 Å². The number of hydrazine groups is 1. The van der Waals surface area contributed by atoms with E-state index in [9.17, 15) is 0 Å². The van der Waals surface area contributed by atoms with Gasteiger partial charge in [0.15, 0.2) is 0 Å². The summed E-state index contributed by atoms with van der Waals surface area (Å²) in [5.74, 6) is 5.86. The van der Waals surface area contributed by atoms with Crippen LogP contribution in [-0.4, -0.2) is 42.8 Å². The van der Waals surface area contributed by atoms with Gasteiger partial charge in [-0.2, -0.15) is 0 Å². The predicted octanol–water partition coefficient (Wildman–Crippen LogP) is 2.28. The van der Waals surface area contributed by atoms with Crippen molar-refractivity contribution in [1.29, 1.82) is 0 Å². The molecule has 0 radical (unpaired) electrons. The molecule has 0 spiro atoms. The van der Waals surface area contributed by atoms with Crippen LogP contribution in [0.25, 0.3) is 0 Å². The van der Waals surface area contributed by atoms with E-state index in [1.165, 1.54) is 4.88 Å². The highest BCUT2D eigenvalue weighted by molar-refractivity contribution is 7.16. The van der Waals surface area contributed by atoms with Crippen molar-refractivity contribution in [2.24, 2.45) is 5.84 Å². The quantitative estimate of drug-likeness (QED) is 0.624. The lowest BCUT2D eigenvalue weighted by Gasteiger charge is -2.47. The first-order chi connectivity index (χ1) is 9.60. The van der Waals surface area contributed by atoms with E-state index >= 15 is 0 Å². The molecule has 1 aromatic heterocycles. The zero-order valence-corrected chi connectivity index (χ0v) is 13.8. The molecule has 2 rings (SSSR count). The first kappa shape index (κ1) is 16.2. The van der Waals surface area contributed by atoms with Crippen LogP contribution in [0.2, 0.25) is 4.34 Å². The molecule has 2 heterocycles. The van der Waals surface area contributed by atoms with Gasteiger partial charge in [0.2, 0.25) is 0 Å². The highest BCUT2D eigenvalue weighted by Gasteiger charge is 2.38. The largest absolute Gasteiger partial charge is 0.379 e. The second kappa shape index (κ2) is 7.20. The molecule has 1 fully saturated rings. The molecule has 2 atom stereocenters. The Bertz CT molecular complexity index is 422. The van der Waals surface area contributed by atoms with Crippen molar-refractivity contribution in [3.63, 3.8) is 0 Å². The van der Waals surface area contributed by atoms with Gasteiger partial charge in [-0.15, -0.1) is 11.3 Å². The molecule has 4 nitrogen and oxygen atoms in total. The lowest BCUT2D eigenvalue weighted by molar-refractivity contribution is -0.0321. The zero-order valence-electron chi connectivity index (χ0n) is 12.2. The summed E-state index contributed by atoms with van der Waals surface area (Å²) < 4.78 is 6.30. The molecule has 6 heteroatoms. The summed E-state index contributed by atoms with van der Waals surface area (Å²) >= 11 is 7.66. The van der Waals surface area contributed by atoms with Crippen molar-refractivity contribution in [3.05, 3.63) is 21.3 Å². The van der Waals surface area contributed by atoms with Gasteiger partial charge in [0.25, 0.3) is 0 Å². The molecular weight excluding hydrogens is 294 g/mol. The first-order valence-corrected chi connectivity index (χ1v) is 8.32. The Kier molecular flexibility index (Phi) is 5.84. The summed E-state index contributed by atoms with van der Waals surface area (Å²) in [6.45, 7) is 8.05. The van der Waals surface area contributed by atoms with Crippen molar-refractivity contribution in [1.82, 2.24) is 10.3 Å². The molecule has 0 aliphatic carbocycles. The summed E-state index contributed by atoms with van der Waals surface area (Å²) in [6, 6.07) is 4.24. The van der Waals surface area contributed by atoms with Crippen LogP contribution >= 0.6 is 22.9 Å². The Balaban J connectivity index is 2.12. The first-order valence-electron chi connectivity index (χ1n) is 7.13. The number of nitrogens with zero attached hydrogens (tertiary/aromatic N) is 1. The van der Waals surface area contributed by atoms with E-state index in [1.54, 1.807) is 11.3 Å². The third-order valence-corrected chi connectivity index (χ3v) is 5.69. The number of rotatable bonds is 6. The number of hydrogen-bond donors (Lipinski definition) is 2. The van der Waals surface area contributed by atoms with Crippen LogP contribution in [0.15, 0.2) is 12.1 Å². The maximum Gasteiger partial charge on any atom is 0.0931 e. The molecule has 1 aliphatic heterocycles. The van der Waals surface area contributed by atoms with E-state index in [2.05, 4.69) is 30.2 Å². The minimum atomic E-state index is 0.0228. The molecule has 0 amide bonds. The molecule has 20 heavy (non-hydrogen) atoms. The van der Waals surface area contributed by atoms with Gasteiger partial charge in [0, 0.05) is 36.0 Å². The summed E-state index contributed by atoms with van der Waals surface area (Å²) in [5.41, 5.74) is 3.05. The fraction of sp³-hybridized carbons (Fsp3) is 0.714. The number of morpholine rings is 1. The third kappa shape index (κ3) is 3.53. The topological polar surface area (TPSA) is 50.5 Å². The summed E-state index contributed by atoms with van der Waals surface area (Å²) in [7, 11) is 0. The lowest BCUT2D eigenvalue weighted by atomic mass is 9.85. The van der Waals surface area contributed by atoms with Crippen LogP contribution in [0.4, 0.5) is 0 Å². The number of hydrogen-bond acceptors (Lipinski definition) is 5. The molecule has 0 saturated carbocycles. The van der Waals surface area contributed by atoms with Gasteiger partial charge in [-0.1, -0.05) is 18.5 Å². The van der Waals surface area contributed by atoms with Crippen molar-refractivity contribution in [2.45, 2.75) is 38.3 Å². The molecule has 0 bridgehead atoms. The minimum absolute atomic E-state index is 0.0228. The van der Waals surface area contributed by atoms with Crippen molar-refractivity contribution < 1.29 is 4.74 Å². The maximum absolute atomic E-state index is 6.02. The van der Waals surface area contributed by atoms with Crippen LogP contribution in [0.3, 0.4) is 0 Å². The summed E-state index contributed by atoms with van der Waals surface area (Å²) in [6.07, 6.45) is 1.94. The van der Waals surface area contributed by atoms with E-state index in [4.69, 9.17) is 22.2 Å². The van der Waals surface area contributed by atoms with Crippen LogP contribution in [0.1, 0.15) is 25.1 Å². The second-order valence-electron chi connectivity index (χ2n) is 5.44. The standard InChI is InChI=1S/C14H24ClN3OS/c1-3-14(2,18-6-8-19-9-7-18)12(17-16)10-11-4-5-13(15)20-11/h4-5,12,17H,3,6-10,16H2,1-2H3. The number of nitrogens with two attached hydrogens (primary N) is 1. The monoisotopic (exact) mass is 317 g/mol. The highest BCUT2D eigenvalue weighted by Crippen LogP contribution is 2.29. The van der Waals surface area contributed by atoms with Crippen molar-refractivity contribution >= 4 is 22.9 Å². The highest BCUT2D eigenvalue weighted by atomic mass is 35.5. The van der Waals surface area contributed by atoms with E-state index < -0.39 is 0 Å². The second-order valence-corrected chi connectivity index (χ2v) is 7.24. The minimum Gasteiger partial charge on any atom is -0.379 e. The van der Waals surface area contributed by atoms with Gasteiger partial charge in [0.05, 0.1) is 17.6 Å².